The van der Waals surface area contributed by atoms with Crippen molar-refractivity contribution in [1.82, 2.24) is 20.2 Å². The van der Waals surface area contributed by atoms with E-state index in [9.17, 15) is 15.2 Å². The van der Waals surface area contributed by atoms with E-state index in [1.807, 2.05) is 26.0 Å². The first-order valence-electron chi connectivity index (χ1n) is 16.3. The molecular weight excluding hydrogens is 552 g/mol. The number of aliphatic hydroxyl groups is 1. The summed E-state index contributed by atoms with van der Waals surface area (Å²) in [7, 11) is 0. The number of rotatable bonds is 6. The van der Waals surface area contributed by atoms with Crippen molar-refractivity contribution in [2.75, 3.05) is 31.1 Å². The standard InChI is InChI=1S/C35H48N6O3/c1-22-23(2)28(8-7-24(22)17-36)44-31-33(3,4)30(34(31,5)6)39-29(43)25-18-37-32(38-19-25)41-20-35(21-41)13-9-26(10-14-35)40-15-11-27(42)12-16-40/h7-8,18-19,26-27,30-31,42H,9-16,20-21H2,1-6H3,(H,39,43). The number of amides is 1. The van der Waals surface area contributed by atoms with E-state index in [-0.39, 0.29) is 35.0 Å². The number of hydrogen-bond donors (Lipinski definition) is 2. The molecule has 44 heavy (non-hydrogen) atoms. The van der Waals surface area contributed by atoms with Crippen molar-refractivity contribution in [3.63, 3.8) is 0 Å². The number of aromatic nitrogens is 2. The number of carbonyl (C=O) groups excluding carboxylic acids is 1. The zero-order chi connectivity index (χ0) is 31.4. The number of ether oxygens (including phenoxy) is 1. The highest BCUT2D eigenvalue weighted by Crippen LogP contribution is 2.56. The van der Waals surface area contributed by atoms with Gasteiger partial charge in [0, 0.05) is 66.9 Å². The minimum absolute atomic E-state index is 0.104. The third kappa shape index (κ3) is 5.34. The number of anilines is 1. The van der Waals surface area contributed by atoms with Crippen molar-refractivity contribution in [3.05, 3.63) is 46.8 Å². The highest BCUT2D eigenvalue weighted by atomic mass is 16.5. The molecule has 236 valence electrons. The number of nitrogens with zero attached hydrogens (tertiary/aromatic N) is 5. The van der Waals surface area contributed by atoms with Crippen LogP contribution in [0.2, 0.25) is 0 Å². The highest BCUT2D eigenvalue weighted by molar-refractivity contribution is 5.94. The summed E-state index contributed by atoms with van der Waals surface area (Å²) in [6.45, 7) is 16.5. The number of likely N-dealkylation sites (tertiary alicyclic amines) is 1. The summed E-state index contributed by atoms with van der Waals surface area (Å²) in [6.07, 6.45) is 9.82. The smallest absolute Gasteiger partial charge is 0.254 e. The van der Waals surface area contributed by atoms with Gasteiger partial charge < -0.3 is 25.0 Å². The summed E-state index contributed by atoms with van der Waals surface area (Å²) >= 11 is 0. The van der Waals surface area contributed by atoms with E-state index in [0.29, 0.717) is 28.5 Å². The number of benzene rings is 1. The Bertz CT molecular complexity index is 1410. The van der Waals surface area contributed by atoms with Gasteiger partial charge in [-0.1, -0.05) is 27.7 Å². The molecule has 4 aliphatic rings. The number of nitrogens with one attached hydrogen (secondary N) is 1. The van der Waals surface area contributed by atoms with Crippen molar-refractivity contribution < 1.29 is 14.6 Å². The molecule has 9 nitrogen and oxygen atoms in total. The van der Waals surface area contributed by atoms with Crippen LogP contribution < -0.4 is 15.0 Å². The molecule has 2 saturated carbocycles. The third-order valence-corrected chi connectivity index (χ3v) is 11.5. The molecule has 2 saturated heterocycles. The minimum atomic E-state index is -0.311. The van der Waals surface area contributed by atoms with E-state index in [2.05, 4.69) is 58.8 Å². The lowest BCUT2D eigenvalue weighted by atomic mass is 9.49. The molecule has 0 unspecified atom stereocenters. The summed E-state index contributed by atoms with van der Waals surface area (Å²) in [6, 6.07) is 6.49. The zero-order valence-electron chi connectivity index (χ0n) is 27.2. The molecule has 2 aromatic rings. The second-order valence-electron chi connectivity index (χ2n) is 15.1. The van der Waals surface area contributed by atoms with Gasteiger partial charge in [0.1, 0.15) is 11.9 Å². The highest BCUT2D eigenvalue weighted by Gasteiger charge is 2.64. The fourth-order valence-corrected chi connectivity index (χ4v) is 8.84. The number of aliphatic hydroxyl groups excluding tert-OH is 1. The van der Waals surface area contributed by atoms with Gasteiger partial charge in [-0.2, -0.15) is 5.26 Å². The van der Waals surface area contributed by atoms with Crippen molar-refractivity contribution in [2.24, 2.45) is 16.2 Å². The molecular formula is C35H48N6O3. The van der Waals surface area contributed by atoms with Gasteiger partial charge in [-0.15, -0.1) is 0 Å². The molecule has 6 rings (SSSR count). The van der Waals surface area contributed by atoms with Gasteiger partial charge in [0.25, 0.3) is 5.91 Å². The molecule has 2 aliphatic heterocycles. The predicted molar refractivity (Wildman–Crippen MR) is 170 cm³/mol. The molecule has 1 aromatic heterocycles. The molecule has 2 N–H and O–H groups in total. The Kier molecular flexibility index (Phi) is 7.90. The Labute approximate surface area is 262 Å². The average Bonchev–Trinajstić information content (AvgIpc) is 2.99. The quantitative estimate of drug-likeness (QED) is 0.487. The van der Waals surface area contributed by atoms with Crippen LogP contribution in [0.15, 0.2) is 24.5 Å². The van der Waals surface area contributed by atoms with Crippen LogP contribution in [0.5, 0.6) is 5.75 Å². The Morgan fingerprint density at radius 2 is 1.61 bits per heavy atom. The lowest BCUT2D eigenvalue weighted by Gasteiger charge is -2.63. The Morgan fingerprint density at radius 1 is 1.00 bits per heavy atom. The average molecular weight is 601 g/mol. The van der Waals surface area contributed by atoms with Crippen LogP contribution in [0.1, 0.15) is 93.3 Å². The van der Waals surface area contributed by atoms with Crippen molar-refractivity contribution >= 4 is 11.9 Å². The van der Waals surface area contributed by atoms with Crippen LogP contribution in [-0.4, -0.2) is 76.4 Å². The lowest BCUT2D eigenvalue weighted by molar-refractivity contribution is -0.164. The maximum absolute atomic E-state index is 13.3. The van der Waals surface area contributed by atoms with Crippen LogP contribution in [0.25, 0.3) is 0 Å². The van der Waals surface area contributed by atoms with Crippen LogP contribution in [0.3, 0.4) is 0 Å². The van der Waals surface area contributed by atoms with E-state index in [1.54, 1.807) is 12.4 Å². The molecule has 1 spiro atoms. The maximum atomic E-state index is 13.3. The van der Waals surface area contributed by atoms with Gasteiger partial charge in [0.05, 0.1) is 23.3 Å². The Morgan fingerprint density at radius 3 is 2.20 bits per heavy atom. The Hall–Kier alpha value is -3.22. The third-order valence-electron chi connectivity index (χ3n) is 11.5. The van der Waals surface area contributed by atoms with Gasteiger partial charge in [-0.3, -0.25) is 4.79 Å². The largest absolute Gasteiger partial charge is 0.489 e. The molecule has 4 fully saturated rings. The summed E-state index contributed by atoms with van der Waals surface area (Å²) in [4.78, 5) is 27.4. The molecule has 0 bridgehead atoms. The second-order valence-corrected chi connectivity index (χ2v) is 15.1. The second kappa shape index (κ2) is 11.3. The van der Waals surface area contributed by atoms with E-state index in [0.717, 1.165) is 55.9 Å². The monoisotopic (exact) mass is 600 g/mol. The molecule has 1 aromatic carbocycles. The fourth-order valence-electron chi connectivity index (χ4n) is 8.84. The molecule has 0 atom stereocenters. The maximum Gasteiger partial charge on any atom is 0.254 e. The molecule has 2 aliphatic carbocycles. The lowest BCUT2D eigenvalue weighted by Crippen LogP contribution is -2.74. The van der Waals surface area contributed by atoms with Crippen LogP contribution in [0.4, 0.5) is 5.95 Å². The SMILES string of the molecule is Cc1c(C#N)ccc(OC2C(C)(C)C(NC(=O)c3cnc(N4CC5(CCC(N6CCC(O)CC6)CC5)C4)nc3)C2(C)C)c1C. The van der Waals surface area contributed by atoms with Crippen LogP contribution in [0, 0.1) is 41.4 Å². The van der Waals surface area contributed by atoms with Gasteiger partial charge >= 0.3 is 0 Å². The first kappa shape index (κ1) is 30.8. The predicted octanol–water partition coefficient (Wildman–Crippen LogP) is 4.78. The Balaban J connectivity index is 1.02. The molecule has 3 heterocycles. The van der Waals surface area contributed by atoms with Crippen molar-refractivity contribution in [2.45, 2.75) is 104 Å². The van der Waals surface area contributed by atoms with Gasteiger partial charge in [-0.05, 0) is 75.6 Å². The summed E-state index contributed by atoms with van der Waals surface area (Å²) < 4.78 is 6.56. The van der Waals surface area contributed by atoms with E-state index < -0.39 is 0 Å². The number of nitriles is 1. The molecule has 9 heteroatoms. The summed E-state index contributed by atoms with van der Waals surface area (Å²) in [5.74, 6) is 1.31. The molecule has 0 radical (unpaired) electrons. The van der Waals surface area contributed by atoms with Crippen molar-refractivity contribution in [3.8, 4) is 11.8 Å². The first-order valence-corrected chi connectivity index (χ1v) is 16.3. The van der Waals surface area contributed by atoms with E-state index in [4.69, 9.17) is 4.74 Å². The van der Waals surface area contributed by atoms with Crippen LogP contribution in [-0.2, 0) is 0 Å². The van der Waals surface area contributed by atoms with Crippen molar-refractivity contribution in [1.29, 1.82) is 5.26 Å². The zero-order valence-corrected chi connectivity index (χ0v) is 27.2. The number of piperidine rings is 1. The fraction of sp³-hybridized carbons (Fsp3) is 0.657. The normalized spacial score (nSPS) is 26.4. The summed E-state index contributed by atoms with van der Waals surface area (Å²) in [5, 5.41) is 22.5. The van der Waals surface area contributed by atoms with Gasteiger partial charge in [-0.25, -0.2) is 9.97 Å². The number of carbonyl (C=O) groups is 1. The topological polar surface area (TPSA) is 115 Å². The number of hydrogen-bond acceptors (Lipinski definition) is 8. The minimum Gasteiger partial charge on any atom is -0.489 e. The first-order chi connectivity index (χ1) is 20.8. The van der Waals surface area contributed by atoms with Gasteiger partial charge in [0.15, 0.2) is 0 Å². The van der Waals surface area contributed by atoms with Gasteiger partial charge in [0.2, 0.25) is 5.95 Å². The van der Waals surface area contributed by atoms with E-state index >= 15 is 0 Å². The van der Waals surface area contributed by atoms with Crippen LogP contribution >= 0.6 is 0 Å². The summed E-state index contributed by atoms with van der Waals surface area (Å²) in [5.41, 5.74) is 2.77. The molecule has 1 amide bonds. The van der Waals surface area contributed by atoms with E-state index in [1.165, 1.54) is 25.7 Å².